The average Bonchev–Trinajstić information content (AvgIpc) is 3.03. The predicted octanol–water partition coefficient (Wildman–Crippen LogP) is 3.35. The van der Waals surface area contributed by atoms with Gasteiger partial charge in [0.15, 0.2) is 0 Å². The van der Waals surface area contributed by atoms with Crippen molar-refractivity contribution in [2.75, 3.05) is 11.1 Å². The molecule has 0 aliphatic rings. The quantitative estimate of drug-likeness (QED) is 0.539. The fourth-order valence-electron chi connectivity index (χ4n) is 2.57. The lowest BCUT2D eigenvalue weighted by Gasteiger charge is -2.10. The molecule has 0 atom stereocenters. The number of anilines is 3. The molecular weight excluding hydrogens is 288 g/mol. The van der Waals surface area contributed by atoms with Gasteiger partial charge in [0.25, 0.3) is 0 Å². The second-order valence-electron chi connectivity index (χ2n) is 5.15. The second kappa shape index (κ2) is 5.42. The summed E-state index contributed by atoms with van der Waals surface area (Å²) in [4.78, 5) is 8.07. The number of hydrogen-bond donors (Lipinski definition) is 3. The van der Waals surface area contributed by atoms with Crippen molar-refractivity contribution >= 4 is 28.4 Å². The van der Waals surface area contributed by atoms with Crippen LogP contribution in [0.2, 0.25) is 0 Å². The van der Waals surface area contributed by atoms with Crippen LogP contribution in [0.25, 0.3) is 22.0 Å². The molecule has 0 bridgehead atoms. The molecule has 0 fully saturated rings. The van der Waals surface area contributed by atoms with Crippen LogP contribution in [0.4, 0.5) is 17.5 Å². The maximum absolute atomic E-state index is 5.63. The molecule has 6 heteroatoms. The molecule has 0 aliphatic carbocycles. The lowest BCUT2D eigenvalue weighted by molar-refractivity contribution is 1.12. The SMILES string of the molecule is Nc1nccc(Nc2cc(-c3ccccc3)c3[nH]ncc3c2)n1. The van der Waals surface area contributed by atoms with E-state index in [2.05, 4.69) is 43.7 Å². The lowest BCUT2D eigenvalue weighted by atomic mass is 10.0. The van der Waals surface area contributed by atoms with Crippen molar-refractivity contribution < 1.29 is 0 Å². The van der Waals surface area contributed by atoms with E-state index >= 15 is 0 Å². The molecule has 0 aliphatic heterocycles. The van der Waals surface area contributed by atoms with Crippen LogP contribution in [0.15, 0.2) is 60.9 Å². The molecule has 0 amide bonds. The standard InChI is InChI=1S/C17H14N6/c18-17-19-7-6-15(22-17)21-13-8-12-10-20-23-16(12)14(9-13)11-4-2-1-3-5-11/h1-10H,(H,20,23)(H3,18,19,21,22). The van der Waals surface area contributed by atoms with Crippen molar-refractivity contribution in [1.82, 2.24) is 20.2 Å². The van der Waals surface area contributed by atoms with Gasteiger partial charge in [-0.1, -0.05) is 30.3 Å². The smallest absolute Gasteiger partial charge is 0.221 e. The summed E-state index contributed by atoms with van der Waals surface area (Å²) in [6.45, 7) is 0. The van der Waals surface area contributed by atoms with Gasteiger partial charge >= 0.3 is 0 Å². The van der Waals surface area contributed by atoms with E-state index in [1.165, 1.54) is 0 Å². The van der Waals surface area contributed by atoms with Gasteiger partial charge in [0.2, 0.25) is 5.95 Å². The van der Waals surface area contributed by atoms with Crippen molar-refractivity contribution in [3.05, 3.63) is 60.9 Å². The fourth-order valence-corrected chi connectivity index (χ4v) is 2.57. The van der Waals surface area contributed by atoms with Crippen LogP contribution < -0.4 is 11.1 Å². The van der Waals surface area contributed by atoms with E-state index in [-0.39, 0.29) is 5.95 Å². The molecule has 4 aromatic rings. The monoisotopic (exact) mass is 302 g/mol. The molecule has 0 unspecified atom stereocenters. The molecule has 0 radical (unpaired) electrons. The summed E-state index contributed by atoms with van der Waals surface area (Å²) in [5.41, 5.74) is 9.74. The van der Waals surface area contributed by atoms with Gasteiger partial charge < -0.3 is 11.1 Å². The minimum Gasteiger partial charge on any atom is -0.368 e. The van der Waals surface area contributed by atoms with Gasteiger partial charge in [-0.25, -0.2) is 4.98 Å². The summed E-state index contributed by atoms with van der Waals surface area (Å²) in [6.07, 6.45) is 3.43. The summed E-state index contributed by atoms with van der Waals surface area (Å²) in [5.74, 6) is 0.891. The Morgan fingerprint density at radius 2 is 1.91 bits per heavy atom. The van der Waals surface area contributed by atoms with E-state index in [0.717, 1.165) is 27.7 Å². The van der Waals surface area contributed by atoms with Gasteiger partial charge in [-0.3, -0.25) is 5.10 Å². The largest absolute Gasteiger partial charge is 0.368 e. The van der Waals surface area contributed by atoms with Crippen molar-refractivity contribution in [2.24, 2.45) is 0 Å². The first kappa shape index (κ1) is 13.3. The zero-order chi connectivity index (χ0) is 15.6. The Kier molecular flexibility index (Phi) is 3.12. The minimum absolute atomic E-state index is 0.239. The number of H-pyrrole nitrogens is 1. The van der Waals surface area contributed by atoms with Gasteiger partial charge in [-0.2, -0.15) is 10.1 Å². The van der Waals surface area contributed by atoms with Crippen LogP contribution in [-0.2, 0) is 0 Å². The maximum Gasteiger partial charge on any atom is 0.221 e. The number of fused-ring (bicyclic) bond motifs is 1. The number of aromatic amines is 1. The van der Waals surface area contributed by atoms with Crippen molar-refractivity contribution in [1.29, 1.82) is 0 Å². The summed E-state index contributed by atoms with van der Waals surface area (Å²) in [5, 5.41) is 11.5. The van der Waals surface area contributed by atoms with E-state index in [0.29, 0.717) is 5.82 Å². The first-order valence-electron chi connectivity index (χ1n) is 7.18. The van der Waals surface area contributed by atoms with Gasteiger partial charge in [0.05, 0.1) is 11.7 Å². The van der Waals surface area contributed by atoms with Gasteiger partial charge in [-0.05, 0) is 23.8 Å². The molecule has 2 heterocycles. The lowest BCUT2D eigenvalue weighted by Crippen LogP contribution is -1.99. The Labute approximate surface area is 132 Å². The molecule has 2 aromatic heterocycles. The number of aromatic nitrogens is 4. The summed E-state index contributed by atoms with van der Waals surface area (Å²) in [7, 11) is 0. The van der Waals surface area contributed by atoms with Crippen LogP contribution in [0.1, 0.15) is 0 Å². The number of nitrogen functional groups attached to an aromatic ring is 1. The van der Waals surface area contributed by atoms with Crippen LogP contribution in [-0.4, -0.2) is 20.2 Å². The van der Waals surface area contributed by atoms with E-state index in [4.69, 9.17) is 5.73 Å². The summed E-state index contributed by atoms with van der Waals surface area (Å²) >= 11 is 0. The van der Waals surface area contributed by atoms with E-state index < -0.39 is 0 Å². The third kappa shape index (κ3) is 2.57. The molecule has 6 nitrogen and oxygen atoms in total. The number of hydrogen-bond acceptors (Lipinski definition) is 5. The highest BCUT2D eigenvalue weighted by Gasteiger charge is 2.09. The fraction of sp³-hybridized carbons (Fsp3) is 0. The molecule has 2 aromatic carbocycles. The highest BCUT2D eigenvalue weighted by Crippen LogP contribution is 2.31. The number of nitrogens with zero attached hydrogens (tertiary/aromatic N) is 3. The van der Waals surface area contributed by atoms with E-state index in [1.54, 1.807) is 18.5 Å². The predicted molar refractivity (Wildman–Crippen MR) is 91.3 cm³/mol. The number of benzene rings is 2. The van der Waals surface area contributed by atoms with Gasteiger partial charge in [0.1, 0.15) is 5.82 Å². The first-order valence-corrected chi connectivity index (χ1v) is 7.18. The van der Waals surface area contributed by atoms with Crippen molar-refractivity contribution in [3.63, 3.8) is 0 Å². The topological polar surface area (TPSA) is 92.5 Å². The summed E-state index contributed by atoms with van der Waals surface area (Å²) in [6, 6.07) is 16.0. The number of nitrogens with two attached hydrogens (primary N) is 1. The van der Waals surface area contributed by atoms with E-state index in [1.807, 2.05) is 24.3 Å². The van der Waals surface area contributed by atoms with Crippen LogP contribution in [0, 0.1) is 0 Å². The zero-order valence-electron chi connectivity index (χ0n) is 12.2. The third-order valence-corrected chi connectivity index (χ3v) is 3.58. The van der Waals surface area contributed by atoms with Crippen LogP contribution in [0.3, 0.4) is 0 Å². The Bertz CT molecular complexity index is 961. The number of rotatable bonds is 3. The second-order valence-corrected chi connectivity index (χ2v) is 5.15. The molecule has 4 rings (SSSR count). The molecule has 0 saturated heterocycles. The van der Waals surface area contributed by atoms with Gasteiger partial charge in [-0.15, -0.1) is 0 Å². The zero-order valence-corrected chi connectivity index (χ0v) is 12.2. The van der Waals surface area contributed by atoms with E-state index in [9.17, 15) is 0 Å². The molecule has 4 N–H and O–H groups in total. The highest BCUT2D eigenvalue weighted by atomic mass is 15.1. The Balaban J connectivity index is 1.82. The number of nitrogens with one attached hydrogen (secondary N) is 2. The van der Waals surface area contributed by atoms with Crippen LogP contribution >= 0.6 is 0 Å². The van der Waals surface area contributed by atoms with Crippen molar-refractivity contribution in [2.45, 2.75) is 0 Å². The molecule has 0 spiro atoms. The molecule has 0 saturated carbocycles. The minimum atomic E-state index is 0.239. The Hall–Kier alpha value is -3.41. The molecule has 23 heavy (non-hydrogen) atoms. The maximum atomic E-state index is 5.63. The van der Waals surface area contributed by atoms with Gasteiger partial charge in [0, 0.05) is 22.8 Å². The van der Waals surface area contributed by atoms with Crippen LogP contribution in [0.5, 0.6) is 0 Å². The Morgan fingerprint density at radius 3 is 2.74 bits per heavy atom. The van der Waals surface area contributed by atoms with Crippen molar-refractivity contribution in [3.8, 4) is 11.1 Å². The molecular formula is C17H14N6. The summed E-state index contributed by atoms with van der Waals surface area (Å²) < 4.78 is 0. The molecule has 112 valence electrons. The first-order chi connectivity index (χ1) is 11.3. The third-order valence-electron chi connectivity index (χ3n) is 3.58. The highest BCUT2D eigenvalue weighted by molar-refractivity contribution is 5.96. The Morgan fingerprint density at radius 1 is 1.04 bits per heavy atom. The average molecular weight is 302 g/mol. The normalized spacial score (nSPS) is 10.8.